The van der Waals surface area contributed by atoms with Gasteiger partial charge in [0.15, 0.2) is 0 Å². The van der Waals surface area contributed by atoms with Gasteiger partial charge in [-0.05, 0) is 67.6 Å². The molecule has 2 aromatic carbocycles. The number of hydrogen-bond donors (Lipinski definition) is 1. The Morgan fingerprint density at radius 1 is 1.00 bits per heavy atom. The standard InChI is InChI=1S/C22H28N2O/c23-14-21(22-15-24-12-10-19(22)11-13-24)18-6-8-20(9-7-18)25-16-17-4-2-1-3-5-17/h1-9,19,21-22H,10-16,23H2. The number of nitrogens with zero attached hydrogens (tertiary/aromatic N) is 1. The van der Waals surface area contributed by atoms with Crippen LogP contribution in [0, 0.1) is 11.8 Å². The van der Waals surface area contributed by atoms with E-state index in [1.807, 2.05) is 18.2 Å². The zero-order valence-electron chi connectivity index (χ0n) is 14.8. The first-order chi connectivity index (χ1) is 12.3. The molecule has 0 amide bonds. The van der Waals surface area contributed by atoms with E-state index in [0.717, 1.165) is 18.2 Å². The highest BCUT2D eigenvalue weighted by Gasteiger charge is 2.38. The molecule has 5 rings (SSSR count). The molecule has 0 spiro atoms. The van der Waals surface area contributed by atoms with Gasteiger partial charge in [0, 0.05) is 12.5 Å². The van der Waals surface area contributed by atoms with Crippen molar-refractivity contribution in [2.24, 2.45) is 17.6 Å². The van der Waals surface area contributed by atoms with Crippen molar-refractivity contribution in [3.8, 4) is 5.75 Å². The third-order valence-electron chi connectivity index (χ3n) is 6.03. The lowest BCUT2D eigenvalue weighted by atomic mass is 9.70. The minimum Gasteiger partial charge on any atom is -0.489 e. The number of rotatable bonds is 6. The first-order valence-electron chi connectivity index (χ1n) is 9.52. The van der Waals surface area contributed by atoms with Crippen LogP contribution in [0.5, 0.6) is 5.75 Å². The number of nitrogens with two attached hydrogens (primary N) is 1. The molecule has 3 nitrogen and oxygen atoms in total. The number of benzene rings is 2. The maximum absolute atomic E-state index is 6.19. The van der Waals surface area contributed by atoms with Crippen LogP contribution in [-0.4, -0.2) is 31.1 Å². The zero-order chi connectivity index (χ0) is 17.1. The fourth-order valence-corrected chi connectivity index (χ4v) is 4.58. The topological polar surface area (TPSA) is 38.5 Å². The summed E-state index contributed by atoms with van der Waals surface area (Å²) >= 11 is 0. The monoisotopic (exact) mass is 336 g/mol. The van der Waals surface area contributed by atoms with Gasteiger partial charge in [-0.15, -0.1) is 0 Å². The average Bonchev–Trinajstić information content (AvgIpc) is 2.70. The third kappa shape index (κ3) is 3.73. The number of hydrogen-bond acceptors (Lipinski definition) is 3. The molecule has 2 unspecified atom stereocenters. The first-order valence-corrected chi connectivity index (χ1v) is 9.52. The summed E-state index contributed by atoms with van der Waals surface area (Å²) in [4.78, 5) is 2.62. The van der Waals surface area contributed by atoms with Crippen molar-refractivity contribution in [3.63, 3.8) is 0 Å². The molecule has 3 heteroatoms. The molecule has 3 aliphatic rings. The Bertz CT molecular complexity index is 662. The summed E-state index contributed by atoms with van der Waals surface area (Å²) in [7, 11) is 0. The van der Waals surface area contributed by atoms with E-state index in [4.69, 9.17) is 10.5 Å². The summed E-state index contributed by atoms with van der Waals surface area (Å²) in [6.07, 6.45) is 2.69. The van der Waals surface area contributed by atoms with Crippen LogP contribution in [0.2, 0.25) is 0 Å². The maximum Gasteiger partial charge on any atom is 0.119 e. The summed E-state index contributed by atoms with van der Waals surface area (Å²) in [6.45, 7) is 5.13. The molecule has 25 heavy (non-hydrogen) atoms. The second-order valence-electron chi connectivity index (χ2n) is 7.49. The lowest BCUT2D eigenvalue weighted by Gasteiger charge is -2.47. The first kappa shape index (κ1) is 16.6. The lowest BCUT2D eigenvalue weighted by molar-refractivity contribution is 0.0379. The van der Waals surface area contributed by atoms with Gasteiger partial charge in [0.25, 0.3) is 0 Å². The molecule has 2 bridgehead atoms. The molecule has 0 aromatic heterocycles. The summed E-state index contributed by atoms with van der Waals surface area (Å²) in [5.74, 6) is 2.96. The van der Waals surface area contributed by atoms with E-state index in [1.165, 1.54) is 43.6 Å². The molecule has 2 aromatic rings. The van der Waals surface area contributed by atoms with E-state index in [1.54, 1.807) is 0 Å². The minimum absolute atomic E-state index is 0.469. The minimum atomic E-state index is 0.469. The second kappa shape index (κ2) is 7.59. The third-order valence-corrected chi connectivity index (χ3v) is 6.03. The normalized spacial score (nSPS) is 26.4. The predicted octanol–water partition coefficient (Wildman–Crippen LogP) is 3.65. The van der Waals surface area contributed by atoms with Crippen LogP contribution in [-0.2, 0) is 6.61 Å². The van der Waals surface area contributed by atoms with Crippen LogP contribution in [0.1, 0.15) is 29.9 Å². The number of fused-ring (bicyclic) bond motifs is 3. The van der Waals surface area contributed by atoms with E-state index in [-0.39, 0.29) is 0 Å². The van der Waals surface area contributed by atoms with Crippen LogP contribution < -0.4 is 10.5 Å². The Morgan fingerprint density at radius 3 is 2.32 bits per heavy atom. The van der Waals surface area contributed by atoms with E-state index < -0.39 is 0 Å². The molecule has 3 saturated heterocycles. The molecule has 132 valence electrons. The van der Waals surface area contributed by atoms with Gasteiger partial charge in [0.05, 0.1) is 0 Å². The summed E-state index contributed by atoms with van der Waals surface area (Å²) in [5.41, 5.74) is 8.75. The Hall–Kier alpha value is -1.84. The average molecular weight is 336 g/mol. The molecule has 2 atom stereocenters. The summed E-state index contributed by atoms with van der Waals surface area (Å²) < 4.78 is 5.92. The Kier molecular flexibility index (Phi) is 5.04. The zero-order valence-corrected chi connectivity index (χ0v) is 14.8. The smallest absolute Gasteiger partial charge is 0.119 e. The Morgan fingerprint density at radius 2 is 1.72 bits per heavy atom. The van der Waals surface area contributed by atoms with E-state index in [0.29, 0.717) is 18.4 Å². The lowest BCUT2D eigenvalue weighted by Crippen LogP contribution is -2.50. The van der Waals surface area contributed by atoms with Gasteiger partial charge in [0.1, 0.15) is 12.4 Å². The van der Waals surface area contributed by atoms with Gasteiger partial charge in [-0.25, -0.2) is 0 Å². The van der Waals surface area contributed by atoms with Crippen molar-refractivity contribution in [2.75, 3.05) is 26.2 Å². The molecule has 3 fully saturated rings. The van der Waals surface area contributed by atoms with Crippen molar-refractivity contribution in [3.05, 3.63) is 65.7 Å². The van der Waals surface area contributed by atoms with Crippen molar-refractivity contribution in [1.82, 2.24) is 4.90 Å². The molecule has 3 heterocycles. The molecule has 2 N–H and O–H groups in total. The molecule has 0 aliphatic carbocycles. The largest absolute Gasteiger partial charge is 0.489 e. The van der Waals surface area contributed by atoms with Crippen LogP contribution >= 0.6 is 0 Å². The Balaban J connectivity index is 1.41. The fourth-order valence-electron chi connectivity index (χ4n) is 4.58. The second-order valence-corrected chi connectivity index (χ2v) is 7.49. The van der Waals surface area contributed by atoms with Crippen LogP contribution in [0.3, 0.4) is 0 Å². The molecule has 0 saturated carbocycles. The molecular formula is C22H28N2O. The van der Waals surface area contributed by atoms with Gasteiger partial charge in [0.2, 0.25) is 0 Å². The maximum atomic E-state index is 6.19. The van der Waals surface area contributed by atoms with Gasteiger partial charge in [-0.3, -0.25) is 0 Å². The Labute approximate surface area is 150 Å². The number of ether oxygens (including phenoxy) is 1. The van der Waals surface area contributed by atoms with Gasteiger partial charge in [-0.1, -0.05) is 42.5 Å². The molecular weight excluding hydrogens is 308 g/mol. The van der Waals surface area contributed by atoms with Crippen LogP contribution in [0.25, 0.3) is 0 Å². The quantitative estimate of drug-likeness (QED) is 0.875. The van der Waals surface area contributed by atoms with E-state index >= 15 is 0 Å². The SMILES string of the molecule is NCC(c1ccc(OCc2ccccc2)cc1)C1CN2CCC1CC2. The fraction of sp³-hybridized carbons (Fsp3) is 0.455. The van der Waals surface area contributed by atoms with E-state index in [2.05, 4.69) is 41.3 Å². The van der Waals surface area contributed by atoms with Crippen LogP contribution in [0.4, 0.5) is 0 Å². The number of piperidine rings is 3. The van der Waals surface area contributed by atoms with E-state index in [9.17, 15) is 0 Å². The molecule has 0 radical (unpaired) electrons. The van der Waals surface area contributed by atoms with Gasteiger partial charge < -0.3 is 15.4 Å². The van der Waals surface area contributed by atoms with Crippen molar-refractivity contribution in [2.45, 2.75) is 25.4 Å². The molecule has 3 aliphatic heterocycles. The highest BCUT2D eigenvalue weighted by Crippen LogP contribution is 2.40. The summed E-state index contributed by atoms with van der Waals surface area (Å²) in [6, 6.07) is 18.9. The highest BCUT2D eigenvalue weighted by atomic mass is 16.5. The highest BCUT2D eigenvalue weighted by molar-refractivity contribution is 5.31. The van der Waals surface area contributed by atoms with Crippen molar-refractivity contribution in [1.29, 1.82) is 0 Å². The van der Waals surface area contributed by atoms with Crippen LogP contribution in [0.15, 0.2) is 54.6 Å². The predicted molar refractivity (Wildman–Crippen MR) is 102 cm³/mol. The van der Waals surface area contributed by atoms with Crippen molar-refractivity contribution >= 4 is 0 Å². The summed E-state index contributed by atoms with van der Waals surface area (Å²) in [5, 5.41) is 0. The van der Waals surface area contributed by atoms with Gasteiger partial charge in [-0.2, -0.15) is 0 Å². The van der Waals surface area contributed by atoms with Gasteiger partial charge >= 0.3 is 0 Å². The van der Waals surface area contributed by atoms with Crippen molar-refractivity contribution < 1.29 is 4.74 Å².